The van der Waals surface area contributed by atoms with Gasteiger partial charge in [0.15, 0.2) is 0 Å². The van der Waals surface area contributed by atoms with E-state index < -0.39 is 22.6 Å². The summed E-state index contributed by atoms with van der Waals surface area (Å²) in [4.78, 5) is 23.4. The summed E-state index contributed by atoms with van der Waals surface area (Å²) in [5.41, 5.74) is 2.30. The fourth-order valence-electron chi connectivity index (χ4n) is 3.49. The lowest BCUT2D eigenvalue weighted by atomic mass is 10.1. The number of rotatable bonds is 5. The summed E-state index contributed by atoms with van der Waals surface area (Å²) >= 11 is 0. The van der Waals surface area contributed by atoms with E-state index in [-0.39, 0.29) is 43.8 Å². The Bertz CT molecular complexity index is 975. The van der Waals surface area contributed by atoms with E-state index in [1.807, 2.05) is 39.0 Å². The lowest BCUT2D eigenvalue weighted by molar-refractivity contribution is -0.0102. The third-order valence-corrected chi connectivity index (χ3v) is 5.84. The number of halogens is 2. The SMILES string of the molecule is CC.CCc1cccc(NC(=O)c2c(C)nc(S(C)=O)nc2N2CCCC(F)(F)CC2)c1.[HH]. The van der Waals surface area contributed by atoms with Crippen LogP contribution in [0.15, 0.2) is 29.4 Å². The highest BCUT2D eigenvalue weighted by Crippen LogP contribution is 2.31. The van der Waals surface area contributed by atoms with E-state index in [2.05, 4.69) is 15.3 Å². The standard InChI is InChI=1S/C21H26F2N4O2S.C2H6.H2/c1-4-15-7-5-8-16(13-15)25-19(28)17-14(2)24-20(30(3)29)26-18(17)27-11-6-9-21(22,23)10-12-27;1-2;/h5,7-8,13H,4,6,9-12H2,1-3H3,(H,25,28);1-2H3;1H. The molecule has 1 unspecified atom stereocenters. The second-order valence-corrected chi connectivity index (χ2v) is 8.72. The molecule has 1 amide bonds. The fraction of sp³-hybridized carbons (Fsp3) is 0.522. The van der Waals surface area contributed by atoms with E-state index in [0.717, 1.165) is 12.0 Å². The number of carbonyl (C=O) groups is 1. The highest BCUT2D eigenvalue weighted by Gasteiger charge is 2.34. The Hall–Kier alpha value is -2.42. The molecule has 0 saturated carbocycles. The summed E-state index contributed by atoms with van der Waals surface area (Å²) in [5.74, 6) is -2.90. The maximum atomic E-state index is 13.9. The van der Waals surface area contributed by atoms with Gasteiger partial charge < -0.3 is 10.2 Å². The summed E-state index contributed by atoms with van der Waals surface area (Å²) in [7, 11) is -1.47. The molecule has 1 saturated heterocycles. The van der Waals surface area contributed by atoms with Crippen molar-refractivity contribution in [1.29, 1.82) is 0 Å². The van der Waals surface area contributed by atoms with Gasteiger partial charge in [0.05, 0.1) is 16.5 Å². The normalized spacial score (nSPS) is 16.4. The van der Waals surface area contributed by atoms with Crippen LogP contribution in [-0.4, -0.2) is 45.4 Å². The van der Waals surface area contributed by atoms with Gasteiger partial charge in [0.2, 0.25) is 11.1 Å². The van der Waals surface area contributed by atoms with E-state index in [1.54, 1.807) is 17.9 Å². The van der Waals surface area contributed by atoms with E-state index >= 15 is 0 Å². The number of amides is 1. The first-order valence-corrected chi connectivity index (χ1v) is 12.5. The minimum absolute atomic E-state index is 0. The molecule has 32 heavy (non-hydrogen) atoms. The van der Waals surface area contributed by atoms with E-state index in [0.29, 0.717) is 17.9 Å². The number of hydrogen-bond acceptors (Lipinski definition) is 5. The van der Waals surface area contributed by atoms with Crippen molar-refractivity contribution < 1.29 is 19.2 Å². The van der Waals surface area contributed by atoms with E-state index in [4.69, 9.17) is 0 Å². The molecular formula is C23H34F2N4O2S. The van der Waals surface area contributed by atoms with Gasteiger partial charge in [0, 0.05) is 39.3 Å². The number of nitrogens with one attached hydrogen (secondary N) is 1. The van der Waals surface area contributed by atoms with Crippen LogP contribution < -0.4 is 10.2 Å². The van der Waals surface area contributed by atoms with Crippen LogP contribution in [0.2, 0.25) is 0 Å². The van der Waals surface area contributed by atoms with E-state index in [9.17, 15) is 17.8 Å². The van der Waals surface area contributed by atoms with Crippen molar-refractivity contribution in [3.63, 3.8) is 0 Å². The zero-order valence-electron chi connectivity index (χ0n) is 19.4. The topological polar surface area (TPSA) is 75.2 Å². The van der Waals surface area contributed by atoms with Crippen molar-refractivity contribution >= 4 is 28.2 Å². The van der Waals surface area contributed by atoms with Crippen LogP contribution in [0.3, 0.4) is 0 Å². The first-order chi connectivity index (χ1) is 15.2. The summed E-state index contributed by atoms with van der Waals surface area (Å²) in [5, 5.41) is 2.95. The van der Waals surface area contributed by atoms with Crippen molar-refractivity contribution in [3.05, 3.63) is 41.1 Å². The molecule has 178 valence electrons. The monoisotopic (exact) mass is 468 g/mol. The van der Waals surface area contributed by atoms with Crippen LogP contribution >= 0.6 is 0 Å². The largest absolute Gasteiger partial charge is 0.356 e. The number of hydrogen-bond donors (Lipinski definition) is 1. The van der Waals surface area contributed by atoms with Crippen molar-refractivity contribution in [2.45, 2.75) is 64.5 Å². The average molecular weight is 469 g/mol. The summed E-state index contributed by atoms with van der Waals surface area (Å²) in [6, 6.07) is 7.50. The van der Waals surface area contributed by atoms with Gasteiger partial charge in [-0.25, -0.2) is 18.7 Å². The van der Waals surface area contributed by atoms with Crippen LogP contribution in [0.25, 0.3) is 0 Å². The van der Waals surface area contributed by atoms with Gasteiger partial charge in [-0.1, -0.05) is 32.9 Å². The molecule has 3 rings (SSSR count). The number of benzene rings is 1. The minimum Gasteiger partial charge on any atom is -0.356 e. The zero-order chi connectivity index (χ0) is 23.9. The number of aryl methyl sites for hydroxylation is 2. The number of nitrogens with zero attached hydrogens (tertiary/aromatic N) is 3. The Balaban J connectivity index is 0.00000177. The minimum atomic E-state index is -2.74. The average Bonchev–Trinajstić information content (AvgIpc) is 2.94. The van der Waals surface area contributed by atoms with Crippen molar-refractivity contribution in [2.75, 3.05) is 29.6 Å². The first kappa shape index (κ1) is 25.8. The second-order valence-electron chi connectivity index (χ2n) is 7.45. The Morgan fingerprint density at radius 2 is 1.97 bits per heavy atom. The molecule has 0 aliphatic carbocycles. The second kappa shape index (κ2) is 11.4. The molecule has 0 radical (unpaired) electrons. The van der Waals surface area contributed by atoms with Crippen LogP contribution in [0.4, 0.5) is 20.3 Å². The van der Waals surface area contributed by atoms with Crippen LogP contribution in [0, 0.1) is 6.92 Å². The molecule has 6 nitrogen and oxygen atoms in total. The number of aromatic nitrogens is 2. The molecule has 0 spiro atoms. The Labute approximate surface area is 192 Å². The van der Waals surface area contributed by atoms with Gasteiger partial charge in [0.1, 0.15) is 11.4 Å². The molecule has 0 bridgehead atoms. The number of anilines is 2. The number of alkyl halides is 2. The van der Waals surface area contributed by atoms with Gasteiger partial charge in [-0.2, -0.15) is 0 Å². The van der Waals surface area contributed by atoms with Crippen LogP contribution in [0.5, 0.6) is 0 Å². The Morgan fingerprint density at radius 3 is 2.62 bits per heavy atom. The summed E-state index contributed by atoms with van der Waals surface area (Å²) in [6.07, 6.45) is 2.03. The molecule has 1 fully saturated rings. The molecule has 2 heterocycles. The quantitative estimate of drug-likeness (QED) is 0.608. The molecule has 9 heteroatoms. The third-order valence-electron chi connectivity index (χ3n) is 5.15. The Morgan fingerprint density at radius 1 is 1.25 bits per heavy atom. The number of carbonyl (C=O) groups excluding carboxylic acids is 1. The van der Waals surface area contributed by atoms with Gasteiger partial charge in [-0.3, -0.25) is 9.00 Å². The predicted octanol–water partition coefficient (Wildman–Crippen LogP) is 5.23. The van der Waals surface area contributed by atoms with Crippen molar-refractivity contribution in [2.24, 2.45) is 0 Å². The van der Waals surface area contributed by atoms with Crippen LogP contribution in [-0.2, 0) is 17.2 Å². The Kier molecular flexibility index (Phi) is 9.24. The summed E-state index contributed by atoms with van der Waals surface area (Å²) in [6.45, 7) is 8.07. The van der Waals surface area contributed by atoms with Crippen molar-refractivity contribution in [1.82, 2.24) is 9.97 Å². The van der Waals surface area contributed by atoms with Gasteiger partial charge in [0.25, 0.3) is 5.91 Å². The first-order valence-electron chi connectivity index (χ1n) is 11.0. The fourth-order valence-corrected chi connectivity index (χ4v) is 3.97. The highest BCUT2D eigenvalue weighted by atomic mass is 32.2. The van der Waals surface area contributed by atoms with Gasteiger partial charge in [-0.05, 0) is 37.5 Å². The maximum Gasteiger partial charge on any atom is 0.261 e. The van der Waals surface area contributed by atoms with E-state index in [1.165, 1.54) is 6.26 Å². The lowest BCUT2D eigenvalue weighted by Gasteiger charge is -2.25. The van der Waals surface area contributed by atoms with Crippen molar-refractivity contribution in [3.8, 4) is 0 Å². The molecule has 1 aromatic carbocycles. The van der Waals surface area contributed by atoms with Gasteiger partial charge >= 0.3 is 0 Å². The molecule has 1 N–H and O–H groups in total. The predicted molar refractivity (Wildman–Crippen MR) is 127 cm³/mol. The molecule has 1 aromatic heterocycles. The third kappa shape index (κ3) is 6.54. The smallest absolute Gasteiger partial charge is 0.261 e. The highest BCUT2D eigenvalue weighted by molar-refractivity contribution is 7.84. The molecule has 1 atom stereocenters. The zero-order valence-corrected chi connectivity index (χ0v) is 20.2. The van der Waals surface area contributed by atoms with Gasteiger partial charge in [-0.15, -0.1) is 0 Å². The lowest BCUT2D eigenvalue weighted by Crippen LogP contribution is -2.30. The molecule has 2 aromatic rings. The maximum absolute atomic E-state index is 13.9. The molecule has 1 aliphatic heterocycles. The summed E-state index contributed by atoms with van der Waals surface area (Å²) < 4.78 is 39.7. The molecule has 1 aliphatic rings. The van der Waals surface area contributed by atoms with Crippen LogP contribution in [0.1, 0.15) is 63.1 Å². The molecular weight excluding hydrogens is 434 g/mol.